The van der Waals surface area contributed by atoms with Crippen LogP contribution in [0.1, 0.15) is 16.4 Å². The molecule has 0 saturated heterocycles. The fourth-order valence-corrected chi connectivity index (χ4v) is 5.07. The van der Waals surface area contributed by atoms with Crippen LogP contribution in [0.2, 0.25) is 5.02 Å². The molecule has 1 aliphatic heterocycles. The van der Waals surface area contributed by atoms with Crippen molar-refractivity contribution in [3.63, 3.8) is 0 Å². The molecule has 1 atom stereocenters. The molecule has 5 heteroatoms. The molecule has 27 heavy (non-hydrogen) atoms. The quantitative estimate of drug-likeness (QED) is 0.382. The van der Waals surface area contributed by atoms with Gasteiger partial charge in [-0.05, 0) is 35.9 Å². The Morgan fingerprint density at radius 2 is 1.67 bits per heavy atom. The second kappa shape index (κ2) is 6.48. The number of benzene rings is 3. The van der Waals surface area contributed by atoms with E-state index >= 15 is 0 Å². The van der Waals surface area contributed by atoms with Crippen LogP contribution in [0.3, 0.4) is 0 Å². The Kier molecular flexibility index (Phi) is 3.96. The highest BCUT2D eigenvalue weighted by molar-refractivity contribution is 8.00. The van der Waals surface area contributed by atoms with Crippen LogP contribution in [-0.4, -0.2) is 0 Å². The van der Waals surface area contributed by atoms with Gasteiger partial charge in [0.1, 0.15) is 5.58 Å². The fraction of sp³-hybridized carbons (Fsp3) is 0.0455. The summed E-state index contributed by atoms with van der Waals surface area (Å²) in [5, 5.41) is 4.72. The number of anilines is 2. The predicted octanol–water partition coefficient (Wildman–Crippen LogP) is 6.39. The first-order valence-electron chi connectivity index (χ1n) is 8.55. The van der Waals surface area contributed by atoms with Crippen LogP contribution >= 0.6 is 23.4 Å². The lowest BCUT2D eigenvalue weighted by atomic mass is 10.0. The Morgan fingerprint density at radius 1 is 0.926 bits per heavy atom. The van der Waals surface area contributed by atoms with Crippen LogP contribution in [0.25, 0.3) is 11.0 Å². The molecular formula is C22H14ClNO2S. The summed E-state index contributed by atoms with van der Waals surface area (Å²) in [4.78, 5) is 14.1. The van der Waals surface area contributed by atoms with Crippen molar-refractivity contribution in [2.45, 2.75) is 10.1 Å². The van der Waals surface area contributed by atoms with E-state index in [4.69, 9.17) is 16.0 Å². The number of halogens is 1. The number of para-hydroxylation sites is 2. The zero-order chi connectivity index (χ0) is 18.4. The zero-order valence-corrected chi connectivity index (χ0v) is 15.7. The average molecular weight is 392 g/mol. The first-order valence-corrected chi connectivity index (χ1v) is 9.81. The van der Waals surface area contributed by atoms with E-state index in [1.807, 2.05) is 72.8 Å². The van der Waals surface area contributed by atoms with Gasteiger partial charge in [-0.3, -0.25) is 0 Å². The van der Waals surface area contributed by atoms with Crippen LogP contribution in [0.5, 0.6) is 0 Å². The second-order valence-electron chi connectivity index (χ2n) is 6.31. The largest absolute Gasteiger partial charge is 0.422 e. The summed E-state index contributed by atoms with van der Waals surface area (Å²) >= 11 is 8.11. The van der Waals surface area contributed by atoms with Crippen molar-refractivity contribution in [2.75, 3.05) is 5.32 Å². The van der Waals surface area contributed by atoms with E-state index in [0.29, 0.717) is 16.2 Å². The second-order valence-corrected chi connectivity index (χ2v) is 7.87. The Morgan fingerprint density at radius 3 is 2.56 bits per heavy atom. The molecule has 0 aliphatic carbocycles. The highest BCUT2D eigenvalue weighted by atomic mass is 35.5. The minimum absolute atomic E-state index is 0.272. The third-order valence-electron chi connectivity index (χ3n) is 4.69. The van der Waals surface area contributed by atoms with Gasteiger partial charge in [0.15, 0.2) is 0 Å². The van der Waals surface area contributed by atoms with Crippen molar-refractivity contribution in [1.82, 2.24) is 0 Å². The van der Waals surface area contributed by atoms with Gasteiger partial charge in [0, 0.05) is 15.3 Å². The third kappa shape index (κ3) is 2.73. The molecule has 1 aliphatic rings. The maximum Gasteiger partial charge on any atom is 0.343 e. The SMILES string of the molecule is O=c1oc2ccccc2c2c1[C@@H](c1ccccc1Cl)Sc1ccccc1N2. The molecule has 0 amide bonds. The van der Waals surface area contributed by atoms with Gasteiger partial charge in [-0.15, -0.1) is 11.8 Å². The molecule has 0 unspecified atom stereocenters. The molecule has 3 aromatic carbocycles. The molecule has 0 bridgehead atoms. The minimum Gasteiger partial charge on any atom is -0.422 e. The summed E-state index contributed by atoms with van der Waals surface area (Å²) in [6.07, 6.45) is 0. The van der Waals surface area contributed by atoms with Gasteiger partial charge in [0.2, 0.25) is 0 Å². The highest BCUT2D eigenvalue weighted by Gasteiger charge is 2.30. The molecule has 5 rings (SSSR count). The van der Waals surface area contributed by atoms with E-state index in [0.717, 1.165) is 27.2 Å². The standard InChI is InChI=1S/C22H14ClNO2S/c23-15-9-3-1-7-13(15)21-19-20(24-16-10-4-6-12-18(16)27-21)14-8-2-5-11-17(14)26-22(19)25/h1-12,21,24H/t21-/m1/s1. The van der Waals surface area contributed by atoms with Gasteiger partial charge in [-0.25, -0.2) is 4.79 Å². The molecule has 0 fully saturated rings. The molecule has 0 radical (unpaired) electrons. The van der Waals surface area contributed by atoms with E-state index in [-0.39, 0.29) is 10.9 Å². The van der Waals surface area contributed by atoms with Crippen LogP contribution < -0.4 is 10.9 Å². The lowest BCUT2D eigenvalue weighted by Gasteiger charge is -2.18. The molecule has 0 spiro atoms. The molecular weight excluding hydrogens is 378 g/mol. The zero-order valence-electron chi connectivity index (χ0n) is 14.1. The first kappa shape index (κ1) is 16.5. The normalized spacial score (nSPS) is 15.5. The smallest absolute Gasteiger partial charge is 0.343 e. The Labute approximate surface area is 165 Å². The van der Waals surface area contributed by atoms with Gasteiger partial charge >= 0.3 is 5.63 Å². The lowest BCUT2D eigenvalue weighted by molar-refractivity contribution is 0.553. The van der Waals surface area contributed by atoms with E-state index in [1.54, 1.807) is 11.8 Å². The van der Waals surface area contributed by atoms with Crippen molar-refractivity contribution in [3.8, 4) is 0 Å². The summed E-state index contributed by atoms with van der Waals surface area (Å²) in [7, 11) is 0. The van der Waals surface area contributed by atoms with E-state index < -0.39 is 0 Å². The molecule has 132 valence electrons. The molecule has 3 nitrogen and oxygen atoms in total. The van der Waals surface area contributed by atoms with E-state index in [1.165, 1.54) is 0 Å². The van der Waals surface area contributed by atoms with Gasteiger partial charge in [-0.1, -0.05) is 54.1 Å². The lowest BCUT2D eigenvalue weighted by Crippen LogP contribution is -2.14. The van der Waals surface area contributed by atoms with Gasteiger partial charge in [0.25, 0.3) is 0 Å². The maximum atomic E-state index is 13.0. The number of fused-ring (bicyclic) bond motifs is 4. The number of hydrogen-bond donors (Lipinski definition) is 1. The average Bonchev–Trinajstić information content (AvgIpc) is 2.86. The Bertz CT molecular complexity index is 1230. The van der Waals surface area contributed by atoms with Crippen molar-refractivity contribution in [2.24, 2.45) is 0 Å². The molecule has 0 saturated carbocycles. The maximum absolute atomic E-state index is 13.0. The third-order valence-corrected chi connectivity index (χ3v) is 6.37. The van der Waals surface area contributed by atoms with Crippen LogP contribution in [0, 0.1) is 0 Å². The van der Waals surface area contributed by atoms with Crippen molar-refractivity contribution in [1.29, 1.82) is 0 Å². The van der Waals surface area contributed by atoms with Crippen LogP contribution in [0.15, 0.2) is 86.9 Å². The van der Waals surface area contributed by atoms with Gasteiger partial charge < -0.3 is 9.73 Å². The first-order chi connectivity index (χ1) is 13.2. The van der Waals surface area contributed by atoms with Gasteiger partial charge in [0.05, 0.1) is 22.2 Å². The molecule has 1 N–H and O–H groups in total. The van der Waals surface area contributed by atoms with Gasteiger partial charge in [-0.2, -0.15) is 0 Å². The number of nitrogens with one attached hydrogen (secondary N) is 1. The van der Waals surface area contributed by atoms with Crippen LogP contribution in [0.4, 0.5) is 11.4 Å². The summed E-state index contributed by atoms with van der Waals surface area (Å²) in [6, 6.07) is 23.3. The monoisotopic (exact) mass is 391 g/mol. The molecule has 1 aromatic heterocycles. The molecule has 4 aromatic rings. The topological polar surface area (TPSA) is 42.2 Å². The predicted molar refractivity (Wildman–Crippen MR) is 111 cm³/mol. The number of hydrogen-bond acceptors (Lipinski definition) is 4. The van der Waals surface area contributed by atoms with Crippen LogP contribution in [-0.2, 0) is 0 Å². The highest BCUT2D eigenvalue weighted by Crippen LogP contribution is 2.50. The number of thioether (sulfide) groups is 1. The van der Waals surface area contributed by atoms with E-state index in [9.17, 15) is 4.79 Å². The Balaban J connectivity index is 1.88. The Hall–Kier alpha value is -2.69. The summed E-state index contributed by atoms with van der Waals surface area (Å²) in [5.41, 5.74) is 3.45. The number of rotatable bonds is 1. The van der Waals surface area contributed by atoms with Crippen molar-refractivity contribution in [3.05, 3.63) is 99.4 Å². The van der Waals surface area contributed by atoms with Crippen molar-refractivity contribution >= 4 is 45.7 Å². The summed E-state index contributed by atoms with van der Waals surface area (Å²) in [6.45, 7) is 0. The minimum atomic E-state index is -0.346. The fourth-order valence-electron chi connectivity index (χ4n) is 3.44. The van der Waals surface area contributed by atoms with E-state index in [2.05, 4.69) is 5.32 Å². The summed E-state index contributed by atoms with van der Waals surface area (Å²) < 4.78 is 5.65. The molecule has 2 heterocycles. The van der Waals surface area contributed by atoms with Crippen molar-refractivity contribution < 1.29 is 4.42 Å². The summed E-state index contributed by atoms with van der Waals surface area (Å²) in [5.74, 6) is 0.